The monoisotopic (exact) mass is 337 g/mol. The molecule has 5 nitrogen and oxygen atoms in total. The molecule has 2 heterocycles. The van der Waals surface area contributed by atoms with Crippen LogP contribution in [-0.2, 0) is 11.8 Å². The molecule has 0 radical (unpaired) electrons. The molecule has 2 bridgehead atoms. The topological polar surface area (TPSA) is 62.2 Å². The van der Waals surface area contributed by atoms with Gasteiger partial charge < -0.3 is 19.6 Å². The van der Waals surface area contributed by atoms with Gasteiger partial charge in [-0.2, -0.15) is 0 Å². The minimum atomic E-state index is -0.620. The van der Waals surface area contributed by atoms with Crippen LogP contribution in [0.15, 0.2) is 24.3 Å². The molecule has 0 amide bonds. The first kappa shape index (κ1) is 15.3. The fraction of sp³-hybridized carbons (Fsp3) is 0.529. The van der Waals surface area contributed by atoms with Crippen molar-refractivity contribution in [1.29, 1.82) is 0 Å². The Morgan fingerprint density at radius 3 is 2.96 bits per heavy atom. The molecule has 1 fully saturated rings. The van der Waals surface area contributed by atoms with E-state index in [0.29, 0.717) is 23.5 Å². The summed E-state index contributed by atoms with van der Waals surface area (Å²) in [5, 5.41) is 19.7. The van der Waals surface area contributed by atoms with E-state index < -0.39 is 6.10 Å². The lowest BCUT2D eigenvalue weighted by atomic mass is 9.53. The van der Waals surface area contributed by atoms with Gasteiger partial charge in [0.25, 0.3) is 0 Å². The SMILES string of the molecule is CN1CC[C@]23c4c5ccc(OO)c4O[C@H]2[C@@H](O)C=C[C@H]3[C@H]1C5.Cl. The third kappa shape index (κ3) is 1.63. The number of aliphatic hydroxyl groups excluding tert-OH is 1. The average Bonchev–Trinajstić information content (AvgIpc) is 2.88. The van der Waals surface area contributed by atoms with Crippen LogP contribution in [0.25, 0.3) is 0 Å². The average molecular weight is 338 g/mol. The maximum Gasteiger partial charge on any atom is 0.207 e. The van der Waals surface area contributed by atoms with Gasteiger partial charge in [0, 0.05) is 22.9 Å². The van der Waals surface area contributed by atoms with Gasteiger partial charge in [0.15, 0.2) is 5.75 Å². The largest absolute Gasteiger partial charge is 0.482 e. The van der Waals surface area contributed by atoms with E-state index in [2.05, 4.69) is 22.9 Å². The van der Waals surface area contributed by atoms with Crippen molar-refractivity contribution in [3.8, 4) is 11.5 Å². The first-order valence-electron chi connectivity index (χ1n) is 7.88. The number of piperidine rings is 1. The van der Waals surface area contributed by atoms with Crippen LogP contribution < -0.4 is 9.62 Å². The Balaban J connectivity index is 0.00000135. The highest BCUT2D eigenvalue weighted by atomic mass is 35.5. The molecule has 1 spiro atoms. The Kier molecular flexibility index (Phi) is 3.23. The van der Waals surface area contributed by atoms with E-state index in [1.165, 1.54) is 5.56 Å². The van der Waals surface area contributed by atoms with Crippen molar-refractivity contribution in [2.75, 3.05) is 13.6 Å². The van der Waals surface area contributed by atoms with Gasteiger partial charge >= 0.3 is 0 Å². The van der Waals surface area contributed by atoms with E-state index in [9.17, 15) is 10.4 Å². The van der Waals surface area contributed by atoms with Gasteiger partial charge in [-0.05, 0) is 38.1 Å². The zero-order chi connectivity index (χ0) is 15.1. The standard InChI is InChI=1S/C17H19NO4.ClH/c1-18-7-6-17-10-3-4-12(19)16(17)21-15-13(22-20)5-2-9(14(15)17)8-11(10)18;/h2-5,10-12,16,19-20H,6-8H2,1H3;1H/t10-,11+,12-,16-,17-;/m0./s1. The Hall–Kier alpha value is -1.27. The van der Waals surface area contributed by atoms with Crippen LogP contribution in [0.2, 0.25) is 0 Å². The van der Waals surface area contributed by atoms with Gasteiger partial charge in [-0.15, -0.1) is 12.4 Å². The first-order valence-corrected chi connectivity index (χ1v) is 7.88. The van der Waals surface area contributed by atoms with Crippen LogP contribution in [0.1, 0.15) is 17.5 Å². The molecule has 0 unspecified atom stereocenters. The molecule has 4 aliphatic rings. The van der Waals surface area contributed by atoms with Crippen LogP contribution in [-0.4, -0.2) is 47.1 Å². The summed E-state index contributed by atoms with van der Waals surface area (Å²) in [6.07, 6.45) is 5.05. The van der Waals surface area contributed by atoms with Crippen molar-refractivity contribution < 1.29 is 20.0 Å². The molecule has 5 atom stereocenters. The van der Waals surface area contributed by atoms with Crippen LogP contribution in [0.4, 0.5) is 0 Å². The van der Waals surface area contributed by atoms with Crippen molar-refractivity contribution in [2.24, 2.45) is 5.92 Å². The minimum absolute atomic E-state index is 0. The zero-order valence-corrected chi connectivity index (χ0v) is 13.6. The van der Waals surface area contributed by atoms with Crippen LogP contribution in [0.5, 0.6) is 11.5 Å². The number of likely N-dealkylation sites (N-methyl/N-ethyl adjacent to an activating group) is 1. The van der Waals surface area contributed by atoms with Crippen molar-refractivity contribution >= 4 is 12.4 Å². The molecular formula is C17H20ClNO4. The van der Waals surface area contributed by atoms with Crippen molar-refractivity contribution in [3.05, 3.63) is 35.4 Å². The molecule has 5 rings (SSSR count). The van der Waals surface area contributed by atoms with Gasteiger partial charge in [0.05, 0.1) is 0 Å². The van der Waals surface area contributed by atoms with Gasteiger partial charge in [-0.3, -0.25) is 0 Å². The number of hydrogen-bond acceptors (Lipinski definition) is 5. The number of nitrogens with zero attached hydrogens (tertiary/aromatic N) is 1. The number of rotatable bonds is 1. The van der Waals surface area contributed by atoms with Gasteiger partial charge in [0.1, 0.15) is 12.2 Å². The number of likely N-dealkylation sites (tertiary alicyclic amines) is 1. The van der Waals surface area contributed by atoms with Crippen molar-refractivity contribution in [1.82, 2.24) is 4.90 Å². The Morgan fingerprint density at radius 2 is 2.17 bits per heavy atom. The fourth-order valence-corrected chi connectivity index (χ4v) is 5.30. The van der Waals surface area contributed by atoms with E-state index in [1.54, 1.807) is 6.07 Å². The zero-order valence-electron chi connectivity index (χ0n) is 12.8. The van der Waals surface area contributed by atoms with E-state index in [4.69, 9.17) is 4.74 Å². The van der Waals surface area contributed by atoms with E-state index in [-0.39, 0.29) is 23.9 Å². The number of hydrogen-bond donors (Lipinski definition) is 2. The lowest BCUT2D eigenvalue weighted by Gasteiger charge is -2.56. The predicted molar refractivity (Wildman–Crippen MR) is 86.4 cm³/mol. The molecule has 124 valence electrons. The molecule has 2 aliphatic carbocycles. The number of halogens is 1. The maximum absolute atomic E-state index is 10.5. The highest BCUT2D eigenvalue weighted by Gasteiger charge is 2.64. The minimum Gasteiger partial charge on any atom is -0.482 e. The maximum atomic E-state index is 10.5. The van der Waals surface area contributed by atoms with Gasteiger partial charge in [0.2, 0.25) is 5.75 Å². The normalized spacial score (nSPS) is 39.3. The predicted octanol–water partition coefficient (Wildman–Crippen LogP) is 1.77. The van der Waals surface area contributed by atoms with Gasteiger partial charge in [-0.1, -0.05) is 18.2 Å². The second-order valence-electron chi connectivity index (χ2n) is 7.00. The molecule has 1 saturated heterocycles. The van der Waals surface area contributed by atoms with E-state index in [1.807, 2.05) is 12.1 Å². The molecular weight excluding hydrogens is 318 g/mol. The van der Waals surface area contributed by atoms with Crippen LogP contribution >= 0.6 is 12.4 Å². The molecule has 6 heteroatoms. The third-order valence-corrected chi connectivity index (χ3v) is 6.23. The summed E-state index contributed by atoms with van der Waals surface area (Å²) in [4.78, 5) is 6.95. The van der Waals surface area contributed by atoms with Crippen LogP contribution in [0, 0.1) is 5.92 Å². The Morgan fingerprint density at radius 1 is 1.35 bits per heavy atom. The van der Waals surface area contributed by atoms with Crippen molar-refractivity contribution in [2.45, 2.75) is 36.5 Å². The molecule has 2 aliphatic heterocycles. The summed E-state index contributed by atoms with van der Waals surface area (Å²) in [7, 11) is 2.18. The summed E-state index contributed by atoms with van der Waals surface area (Å²) >= 11 is 0. The highest BCUT2D eigenvalue weighted by molar-refractivity contribution is 5.85. The third-order valence-electron chi connectivity index (χ3n) is 6.23. The molecule has 1 aromatic rings. The lowest BCUT2D eigenvalue weighted by Crippen LogP contribution is -2.64. The van der Waals surface area contributed by atoms with Crippen LogP contribution in [0.3, 0.4) is 0 Å². The van der Waals surface area contributed by atoms with Crippen molar-refractivity contribution in [3.63, 3.8) is 0 Å². The summed E-state index contributed by atoms with van der Waals surface area (Å²) in [5.41, 5.74) is 2.22. The fourth-order valence-electron chi connectivity index (χ4n) is 5.30. The first-order chi connectivity index (χ1) is 10.7. The smallest absolute Gasteiger partial charge is 0.207 e. The summed E-state index contributed by atoms with van der Waals surface area (Å²) in [6, 6.07) is 4.23. The van der Waals surface area contributed by atoms with E-state index >= 15 is 0 Å². The van der Waals surface area contributed by atoms with E-state index in [0.717, 1.165) is 24.9 Å². The molecule has 0 aromatic heterocycles. The Labute approximate surface area is 140 Å². The molecule has 2 N–H and O–H groups in total. The summed E-state index contributed by atoms with van der Waals surface area (Å²) in [5.74, 6) is 1.31. The quantitative estimate of drug-likeness (QED) is 0.464. The molecule has 23 heavy (non-hydrogen) atoms. The summed E-state index contributed by atoms with van der Waals surface area (Å²) in [6.45, 7) is 0.991. The second-order valence-corrected chi connectivity index (χ2v) is 7.00. The number of benzene rings is 1. The molecule has 0 saturated carbocycles. The van der Waals surface area contributed by atoms with Gasteiger partial charge in [-0.25, -0.2) is 5.26 Å². The summed E-state index contributed by atoms with van der Waals surface area (Å²) < 4.78 is 6.14. The molecule has 1 aromatic carbocycles. The lowest BCUT2D eigenvalue weighted by molar-refractivity contribution is -0.139. The highest BCUT2D eigenvalue weighted by Crippen LogP contribution is 2.62. The Bertz CT molecular complexity index is 693. The second kappa shape index (κ2) is 4.86. The number of aliphatic hydroxyl groups is 1. The number of ether oxygens (including phenoxy) is 1.